The van der Waals surface area contributed by atoms with E-state index in [0.717, 1.165) is 52.2 Å². The number of nitrogens with zero attached hydrogens (tertiary/aromatic N) is 4. The monoisotopic (exact) mass is 425 g/mol. The van der Waals surface area contributed by atoms with Crippen LogP contribution < -0.4 is 10.1 Å². The third-order valence-electron chi connectivity index (χ3n) is 5.91. The number of aliphatic hydroxyl groups is 1. The van der Waals surface area contributed by atoms with Crippen LogP contribution in [0.3, 0.4) is 0 Å². The summed E-state index contributed by atoms with van der Waals surface area (Å²) in [5.41, 5.74) is 4.20. The molecule has 1 saturated carbocycles. The molecule has 0 spiro atoms. The van der Waals surface area contributed by atoms with E-state index in [2.05, 4.69) is 21.4 Å². The van der Waals surface area contributed by atoms with Gasteiger partial charge in [0.2, 0.25) is 0 Å². The Hall–Kier alpha value is -3.89. The molecule has 0 saturated heterocycles. The highest BCUT2D eigenvalue weighted by atomic mass is 16.5. The van der Waals surface area contributed by atoms with E-state index in [4.69, 9.17) is 4.74 Å². The van der Waals surface area contributed by atoms with Crippen LogP contribution in [0.1, 0.15) is 24.0 Å². The summed E-state index contributed by atoms with van der Waals surface area (Å²) in [5.74, 6) is 2.17. The highest BCUT2D eigenvalue weighted by Crippen LogP contribution is 2.48. The molecule has 2 aromatic carbocycles. The second-order valence-electron chi connectivity index (χ2n) is 8.12. The Morgan fingerprint density at radius 3 is 2.81 bits per heavy atom. The molecule has 4 aromatic rings. The molecule has 2 aromatic heterocycles. The molecule has 32 heavy (non-hydrogen) atoms. The molecule has 1 aliphatic carbocycles. The fraction of sp³-hybridized carbons (Fsp3) is 0.240. The van der Waals surface area contributed by atoms with Crippen molar-refractivity contribution >= 4 is 22.5 Å². The van der Waals surface area contributed by atoms with Crippen molar-refractivity contribution in [3.63, 3.8) is 0 Å². The van der Waals surface area contributed by atoms with E-state index in [1.807, 2.05) is 66.2 Å². The van der Waals surface area contributed by atoms with Crippen molar-refractivity contribution in [2.24, 2.45) is 0 Å². The largest absolute Gasteiger partial charge is 0.457 e. The van der Waals surface area contributed by atoms with Gasteiger partial charge in [0.15, 0.2) is 5.82 Å². The molecule has 0 unspecified atom stereocenters. The molecule has 0 bridgehead atoms. The third kappa shape index (κ3) is 3.66. The number of rotatable bonds is 7. The van der Waals surface area contributed by atoms with Gasteiger partial charge in [-0.15, -0.1) is 0 Å². The number of fused-ring (bicyclic) bond motifs is 1. The van der Waals surface area contributed by atoms with Gasteiger partial charge in [-0.05, 0) is 67.3 Å². The minimum atomic E-state index is -0.335. The molecular formula is C25H23N5O2. The summed E-state index contributed by atoms with van der Waals surface area (Å²) in [6.07, 6.45) is 5.24. The number of nitrogens with one attached hydrogen (secondary N) is 1. The SMILES string of the molecule is Cc1cc(Nc2ncnc3ccn(CCO)c23)ccc1Oc1cccc(C2(C#N)CC2)c1. The molecule has 0 amide bonds. The van der Waals surface area contributed by atoms with Crippen molar-refractivity contribution in [2.75, 3.05) is 11.9 Å². The van der Waals surface area contributed by atoms with Crippen LogP contribution in [0.25, 0.3) is 11.0 Å². The Morgan fingerprint density at radius 2 is 2.06 bits per heavy atom. The topological polar surface area (TPSA) is 96.0 Å². The highest BCUT2D eigenvalue weighted by Gasteiger charge is 2.45. The second kappa shape index (κ2) is 7.98. The number of hydrogen-bond acceptors (Lipinski definition) is 6. The molecule has 2 N–H and O–H groups in total. The molecule has 2 heterocycles. The maximum atomic E-state index is 9.46. The minimum Gasteiger partial charge on any atom is -0.457 e. The maximum Gasteiger partial charge on any atom is 0.158 e. The molecule has 1 fully saturated rings. The van der Waals surface area contributed by atoms with Gasteiger partial charge in [0, 0.05) is 18.4 Å². The highest BCUT2D eigenvalue weighted by molar-refractivity contribution is 5.88. The first-order chi connectivity index (χ1) is 15.6. The van der Waals surface area contributed by atoms with Crippen LogP contribution in [-0.2, 0) is 12.0 Å². The average Bonchev–Trinajstić information content (AvgIpc) is 3.51. The minimum absolute atomic E-state index is 0.0416. The molecule has 7 nitrogen and oxygen atoms in total. The fourth-order valence-corrected chi connectivity index (χ4v) is 3.97. The number of benzene rings is 2. The predicted molar refractivity (Wildman–Crippen MR) is 122 cm³/mol. The fourth-order valence-electron chi connectivity index (χ4n) is 3.97. The average molecular weight is 425 g/mol. The lowest BCUT2D eigenvalue weighted by Gasteiger charge is -2.14. The lowest BCUT2D eigenvalue weighted by Crippen LogP contribution is -2.04. The molecule has 0 aliphatic heterocycles. The summed E-state index contributed by atoms with van der Waals surface area (Å²) >= 11 is 0. The van der Waals surface area contributed by atoms with Gasteiger partial charge in [0.05, 0.1) is 23.6 Å². The van der Waals surface area contributed by atoms with Crippen LogP contribution in [0, 0.1) is 18.3 Å². The van der Waals surface area contributed by atoms with Crippen molar-refractivity contribution in [1.82, 2.24) is 14.5 Å². The lowest BCUT2D eigenvalue weighted by molar-refractivity contribution is 0.278. The third-order valence-corrected chi connectivity index (χ3v) is 5.91. The Balaban J connectivity index is 1.38. The Kier molecular flexibility index (Phi) is 5.00. The van der Waals surface area contributed by atoms with Gasteiger partial charge in [-0.2, -0.15) is 5.26 Å². The number of hydrogen-bond donors (Lipinski definition) is 2. The summed E-state index contributed by atoms with van der Waals surface area (Å²) < 4.78 is 8.07. The van der Waals surface area contributed by atoms with Gasteiger partial charge in [0.1, 0.15) is 23.3 Å². The Morgan fingerprint density at radius 1 is 1.19 bits per heavy atom. The summed E-state index contributed by atoms with van der Waals surface area (Å²) in [6, 6.07) is 18.0. The summed E-state index contributed by atoms with van der Waals surface area (Å²) in [4.78, 5) is 8.71. The van der Waals surface area contributed by atoms with E-state index >= 15 is 0 Å². The molecule has 1 aliphatic rings. The van der Waals surface area contributed by atoms with Crippen LogP contribution in [0.4, 0.5) is 11.5 Å². The maximum absolute atomic E-state index is 9.46. The van der Waals surface area contributed by atoms with E-state index in [0.29, 0.717) is 12.4 Å². The van der Waals surface area contributed by atoms with Crippen LogP contribution in [0.5, 0.6) is 11.5 Å². The van der Waals surface area contributed by atoms with Gasteiger partial charge >= 0.3 is 0 Å². The zero-order chi connectivity index (χ0) is 22.1. The van der Waals surface area contributed by atoms with Crippen molar-refractivity contribution in [1.29, 1.82) is 5.26 Å². The van der Waals surface area contributed by atoms with E-state index in [1.54, 1.807) is 0 Å². The second-order valence-corrected chi connectivity index (χ2v) is 8.12. The summed E-state index contributed by atoms with van der Waals surface area (Å²) in [6.45, 7) is 2.51. The quantitative estimate of drug-likeness (QED) is 0.441. The summed E-state index contributed by atoms with van der Waals surface area (Å²) in [5, 5.41) is 22.2. The van der Waals surface area contributed by atoms with E-state index in [-0.39, 0.29) is 12.0 Å². The van der Waals surface area contributed by atoms with Gasteiger partial charge in [0.25, 0.3) is 0 Å². The lowest BCUT2D eigenvalue weighted by atomic mass is 9.98. The van der Waals surface area contributed by atoms with Crippen molar-refractivity contribution in [2.45, 2.75) is 31.7 Å². The van der Waals surface area contributed by atoms with E-state index in [1.165, 1.54) is 6.33 Å². The smallest absolute Gasteiger partial charge is 0.158 e. The van der Waals surface area contributed by atoms with Gasteiger partial charge in [-0.1, -0.05) is 12.1 Å². The van der Waals surface area contributed by atoms with Crippen molar-refractivity contribution in [3.8, 4) is 17.6 Å². The van der Waals surface area contributed by atoms with E-state index in [9.17, 15) is 10.4 Å². The number of aliphatic hydroxyl groups excluding tert-OH is 1. The standard InChI is InChI=1S/C25H23N5O2/c1-17-13-19(29-24-23-21(27-16-28-24)7-10-30(23)11-12-31)5-6-22(17)32-20-4-2-3-18(14-20)25(15-26)8-9-25/h2-7,10,13-14,16,31H,8-9,11-12H2,1H3,(H,27,28,29). The Bertz CT molecular complexity index is 1330. The molecule has 160 valence electrons. The molecular weight excluding hydrogens is 402 g/mol. The number of nitriles is 1. The first-order valence-electron chi connectivity index (χ1n) is 10.6. The number of ether oxygens (including phenoxy) is 1. The van der Waals surface area contributed by atoms with Gasteiger partial charge in [-0.3, -0.25) is 0 Å². The normalized spacial score (nSPS) is 14.2. The van der Waals surface area contributed by atoms with Gasteiger partial charge < -0.3 is 19.7 Å². The van der Waals surface area contributed by atoms with Crippen LogP contribution >= 0.6 is 0 Å². The number of aromatic nitrogens is 3. The van der Waals surface area contributed by atoms with Crippen molar-refractivity contribution < 1.29 is 9.84 Å². The van der Waals surface area contributed by atoms with E-state index < -0.39 is 0 Å². The van der Waals surface area contributed by atoms with Gasteiger partial charge in [-0.25, -0.2) is 9.97 Å². The van der Waals surface area contributed by atoms with Crippen molar-refractivity contribution in [3.05, 3.63) is 72.2 Å². The zero-order valence-electron chi connectivity index (χ0n) is 17.7. The molecule has 0 radical (unpaired) electrons. The summed E-state index contributed by atoms with van der Waals surface area (Å²) in [7, 11) is 0. The molecule has 0 atom stereocenters. The number of anilines is 2. The first kappa shape index (κ1) is 20.0. The number of aryl methyl sites for hydroxylation is 1. The predicted octanol–water partition coefficient (Wildman–Crippen LogP) is 4.82. The zero-order valence-corrected chi connectivity index (χ0v) is 17.7. The first-order valence-corrected chi connectivity index (χ1v) is 10.6. The molecule has 7 heteroatoms. The molecule has 5 rings (SSSR count). The van der Waals surface area contributed by atoms with Crippen LogP contribution in [0.2, 0.25) is 0 Å². The van der Waals surface area contributed by atoms with Crippen LogP contribution in [-0.4, -0.2) is 26.2 Å². The Labute approximate surface area is 185 Å². The van der Waals surface area contributed by atoms with Crippen LogP contribution in [0.15, 0.2) is 61.1 Å².